The van der Waals surface area contributed by atoms with Gasteiger partial charge in [0.2, 0.25) is 15.8 Å². The van der Waals surface area contributed by atoms with Crippen LogP contribution >= 0.6 is 0 Å². The quantitative estimate of drug-likeness (QED) is 0.563. The van der Waals surface area contributed by atoms with Crippen molar-refractivity contribution < 1.29 is 30.9 Å². The maximum Gasteiger partial charge on any atom is 0.471 e. The first-order valence-electron chi connectivity index (χ1n) is 8.15. The molecule has 1 heterocycles. The van der Waals surface area contributed by atoms with Gasteiger partial charge in [-0.3, -0.25) is 4.79 Å². The van der Waals surface area contributed by atoms with Crippen molar-refractivity contribution in [1.29, 1.82) is 0 Å². The van der Waals surface area contributed by atoms with Gasteiger partial charge >= 0.3 is 12.1 Å². The van der Waals surface area contributed by atoms with Crippen molar-refractivity contribution in [2.24, 2.45) is 0 Å². The van der Waals surface area contributed by atoms with E-state index in [0.29, 0.717) is 0 Å². The Hall–Kier alpha value is -3.05. The zero-order valence-corrected chi connectivity index (χ0v) is 15.7. The third kappa shape index (κ3) is 4.51. The van der Waals surface area contributed by atoms with Crippen LogP contribution in [0.1, 0.15) is 16.2 Å². The molecule has 0 unspecified atom stereocenters. The summed E-state index contributed by atoms with van der Waals surface area (Å²) in [5.41, 5.74) is 0.398. The number of likely N-dealkylation sites (N-methyl/N-ethyl adjacent to an activating group) is 1. The Morgan fingerprint density at radius 3 is 2.24 bits per heavy atom. The van der Waals surface area contributed by atoms with E-state index in [-0.39, 0.29) is 21.8 Å². The Balaban J connectivity index is 1.73. The van der Waals surface area contributed by atoms with E-state index in [9.17, 15) is 26.4 Å². The Kier molecular flexibility index (Phi) is 5.53. The number of hydrogen-bond acceptors (Lipinski definition) is 6. The molecule has 2 aromatic carbocycles. The summed E-state index contributed by atoms with van der Waals surface area (Å²) in [6.07, 6.45) is -4.75. The molecule has 0 amide bonds. The number of halogens is 3. The van der Waals surface area contributed by atoms with E-state index in [2.05, 4.69) is 14.7 Å². The fraction of sp³-hybridized carbons (Fsp3) is 0.167. The molecule has 29 heavy (non-hydrogen) atoms. The predicted molar refractivity (Wildman–Crippen MR) is 95.3 cm³/mol. The number of sulfonamides is 1. The molecule has 0 radical (unpaired) electrons. The smallest absolute Gasteiger partial charge is 0.329 e. The van der Waals surface area contributed by atoms with Crippen LogP contribution in [0.2, 0.25) is 0 Å². The molecule has 0 aliphatic rings. The van der Waals surface area contributed by atoms with Gasteiger partial charge in [0, 0.05) is 18.2 Å². The topological polar surface area (TPSA) is 93.4 Å². The minimum absolute atomic E-state index is 0.0585. The molecular formula is C18H14F3N3O4S. The van der Waals surface area contributed by atoms with Crippen molar-refractivity contribution in [2.45, 2.75) is 11.1 Å². The lowest BCUT2D eigenvalue weighted by Crippen LogP contribution is -2.32. The number of hydrogen-bond donors (Lipinski definition) is 0. The van der Waals surface area contributed by atoms with Gasteiger partial charge in [-0.25, -0.2) is 8.42 Å². The zero-order valence-electron chi connectivity index (χ0n) is 14.9. The van der Waals surface area contributed by atoms with Crippen molar-refractivity contribution >= 4 is 15.8 Å². The van der Waals surface area contributed by atoms with Gasteiger partial charge in [0.1, 0.15) is 0 Å². The number of Topliss-reactive ketones (excluding diaryl/α,β-unsaturated/α-hetero) is 1. The van der Waals surface area contributed by atoms with Crippen LogP contribution in [0, 0.1) is 0 Å². The molecule has 7 nitrogen and oxygen atoms in total. The number of nitrogens with zero attached hydrogens (tertiary/aromatic N) is 3. The lowest BCUT2D eigenvalue weighted by molar-refractivity contribution is -0.159. The zero-order chi connectivity index (χ0) is 21.2. The standard InChI is InChI=1S/C18H14F3N3O4S/c1-24(29(26,27)14-5-3-2-4-6-14)11-15(25)12-7-9-13(10-8-12)16-22-17(28-23-16)18(19,20)21/h2-10H,11H2,1H3. The number of benzene rings is 2. The first kappa shape index (κ1) is 20.7. The van der Waals surface area contributed by atoms with Crippen LogP contribution in [0.25, 0.3) is 11.4 Å². The van der Waals surface area contributed by atoms with Crippen LogP contribution in [0.3, 0.4) is 0 Å². The van der Waals surface area contributed by atoms with Gasteiger partial charge in [-0.2, -0.15) is 22.5 Å². The van der Waals surface area contributed by atoms with Gasteiger partial charge in [-0.15, -0.1) is 0 Å². The van der Waals surface area contributed by atoms with Gasteiger partial charge < -0.3 is 4.52 Å². The van der Waals surface area contributed by atoms with Crippen molar-refractivity contribution in [3.05, 3.63) is 66.1 Å². The number of ketones is 1. The third-order valence-electron chi connectivity index (χ3n) is 3.95. The SMILES string of the molecule is CN(CC(=O)c1ccc(-c2noc(C(F)(F)F)n2)cc1)S(=O)(=O)c1ccccc1. The molecular weight excluding hydrogens is 411 g/mol. The number of carbonyl (C=O) groups is 1. The number of alkyl halides is 3. The molecule has 0 N–H and O–H groups in total. The highest BCUT2D eigenvalue weighted by atomic mass is 32.2. The highest BCUT2D eigenvalue weighted by molar-refractivity contribution is 7.89. The summed E-state index contributed by atoms with van der Waals surface area (Å²) in [4.78, 5) is 15.7. The minimum Gasteiger partial charge on any atom is -0.329 e. The average molecular weight is 425 g/mol. The second-order valence-corrected chi connectivity index (χ2v) is 8.04. The molecule has 0 spiro atoms. The summed E-state index contributed by atoms with van der Waals surface area (Å²) in [6.45, 7) is -0.406. The Morgan fingerprint density at radius 1 is 1.07 bits per heavy atom. The summed E-state index contributed by atoms with van der Waals surface area (Å²) < 4.78 is 67.6. The molecule has 1 aromatic heterocycles. The second kappa shape index (κ2) is 7.76. The van der Waals surface area contributed by atoms with Crippen LogP contribution in [-0.4, -0.2) is 42.2 Å². The highest BCUT2D eigenvalue weighted by Gasteiger charge is 2.38. The molecule has 0 saturated carbocycles. The molecule has 0 fully saturated rings. The van der Waals surface area contributed by atoms with Gasteiger partial charge in [0.05, 0.1) is 11.4 Å². The van der Waals surface area contributed by atoms with Crippen LogP contribution in [0.15, 0.2) is 64.0 Å². The molecule has 0 aliphatic heterocycles. The monoisotopic (exact) mass is 425 g/mol. The van der Waals surface area contributed by atoms with Crippen LogP contribution in [0.5, 0.6) is 0 Å². The van der Waals surface area contributed by atoms with Gasteiger partial charge in [0.15, 0.2) is 5.78 Å². The van der Waals surface area contributed by atoms with E-state index < -0.39 is 34.4 Å². The van der Waals surface area contributed by atoms with Crippen molar-refractivity contribution in [3.63, 3.8) is 0 Å². The Bertz CT molecular complexity index is 1110. The fourth-order valence-corrected chi connectivity index (χ4v) is 3.56. The molecule has 152 valence electrons. The largest absolute Gasteiger partial charge is 0.471 e. The molecule has 3 rings (SSSR count). The highest BCUT2D eigenvalue weighted by Crippen LogP contribution is 2.29. The Morgan fingerprint density at radius 2 is 1.69 bits per heavy atom. The molecule has 0 aliphatic carbocycles. The maximum atomic E-state index is 12.5. The first-order valence-corrected chi connectivity index (χ1v) is 9.59. The fourth-order valence-electron chi connectivity index (χ4n) is 2.41. The summed E-state index contributed by atoms with van der Waals surface area (Å²) in [7, 11) is -2.55. The normalized spacial score (nSPS) is 12.3. The van der Waals surface area contributed by atoms with Gasteiger partial charge in [-0.05, 0) is 12.1 Å². The molecule has 11 heteroatoms. The van der Waals surface area contributed by atoms with Gasteiger partial charge in [-0.1, -0.05) is 47.6 Å². The van der Waals surface area contributed by atoms with E-state index in [1.54, 1.807) is 18.2 Å². The first-order chi connectivity index (χ1) is 13.6. The second-order valence-electron chi connectivity index (χ2n) is 6.00. The lowest BCUT2D eigenvalue weighted by Gasteiger charge is -2.16. The summed E-state index contributed by atoms with van der Waals surface area (Å²) in [6, 6.07) is 13.1. The predicted octanol–water partition coefficient (Wildman–Crippen LogP) is 3.26. The van der Waals surface area contributed by atoms with E-state index in [0.717, 1.165) is 4.31 Å². The van der Waals surface area contributed by atoms with E-state index in [4.69, 9.17) is 0 Å². The number of rotatable bonds is 6. The van der Waals surface area contributed by atoms with E-state index in [1.165, 1.54) is 43.4 Å². The maximum absolute atomic E-state index is 12.5. The number of carbonyl (C=O) groups excluding carboxylic acids is 1. The number of aromatic nitrogens is 2. The van der Waals surface area contributed by atoms with Crippen LogP contribution < -0.4 is 0 Å². The van der Waals surface area contributed by atoms with Crippen LogP contribution in [0.4, 0.5) is 13.2 Å². The minimum atomic E-state index is -4.75. The third-order valence-corrected chi connectivity index (χ3v) is 5.77. The van der Waals surface area contributed by atoms with Gasteiger partial charge in [0.25, 0.3) is 0 Å². The molecule has 3 aromatic rings. The van der Waals surface area contributed by atoms with E-state index in [1.807, 2.05) is 0 Å². The van der Waals surface area contributed by atoms with Crippen molar-refractivity contribution in [1.82, 2.24) is 14.4 Å². The summed E-state index contributed by atoms with van der Waals surface area (Å²) in [5, 5.41) is 3.26. The summed E-state index contributed by atoms with van der Waals surface area (Å²) in [5.74, 6) is -2.23. The summed E-state index contributed by atoms with van der Waals surface area (Å²) >= 11 is 0. The molecule has 0 saturated heterocycles. The average Bonchev–Trinajstić information content (AvgIpc) is 3.19. The molecule has 0 atom stereocenters. The van der Waals surface area contributed by atoms with Crippen LogP contribution in [-0.2, 0) is 16.2 Å². The van der Waals surface area contributed by atoms with E-state index >= 15 is 0 Å². The lowest BCUT2D eigenvalue weighted by atomic mass is 10.1. The Labute approximate surface area is 163 Å². The van der Waals surface area contributed by atoms with Crippen molar-refractivity contribution in [3.8, 4) is 11.4 Å². The molecule has 0 bridgehead atoms. The van der Waals surface area contributed by atoms with Crippen molar-refractivity contribution in [2.75, 3.05) is 13.6 Å².